The molecule has 2 aromatic carbocycles. The second-order valence-electron chi connectivity index (χ2n) is 4.32. The Hall–Kier alpha value is -2.68. The van der Waals surface area contributed by atoms with Crippen LogP contribution in [0.15, 0.2) is 60.7 Å². The lowest BCUT2D eigenvalue weighted by molar-refractivity contribution is -0.135. The first-order valence-electron chi connectivity index (χ1n) is 6.25. The van der Waals surface area contributed by atoms with E-state index in [1.54, 1.807) is 42.5 Å². The molecule has 0 saturated heterocycles. The highest BCUT2D eigenvalue weighted by Crippen LogP contribution is 2.13. The van der Waals surface area contributed by atoms with Crippen LogP contribution >= 0.6 is 0 Å². The van der Waals surface area contributed by atoms with Crippen LogP contribution < -0.4 is 0 Å². The summed E-state index contributed by atoms with van der Waals surface area (Å²) in [6.07, 6.45) is 3.24. The van der Waals surface area contributed by atoms with Gasteiger partial charge in [0.15, 0.2) is 5.78 Å². The maximum atomic E-state index is 12.3. The number of ketones is 1. The van der Waals surface area contributed by atoms with Gasteiger partial charge in [0.2, 0.25) is 0 Å². The van der Waals surface area contributed by atoms with Gasteiger partial charge in [0.05, 0.1) is 6.42 Å². The predicted molar refractivity (Wildman–Crippen MR) is 77.6 cm³/mol. The largest absolute Gasteiger partial charge is 0.481 e. The molecule has 0 saturated carbocycles. The van der Waals surface area contributed by atoms with E-state index in [1.807, 2.05) is 24.3 Å². The summed E-state index contributed by atoms with van der Waals surface area (Å²) < 4.78 is 0. The van der Waals surface area contributed by atoms with Crippen molar-refractivity contribution in [3.8, 4) is 0 Å². The lowest BCUT2D eigenvalue weighted by atomic mass is 10.0. The molecule has 0 heterocycles. The summed E-state index contributed by atoms with van der Waals surface area (Å²) in [6, 6.07) is 16.2. The van der Waals surface area contributed by atoms with Crippen molar-refractivity contribution >= 4 is 17.8 Å². The molecule has 0 fully saturated rings. The Morgan fingerprint density at radius 1 is 0.950 bits per heavy atom. The fraction of sp³-hybridized carbons (Fsp3) is 0.0588. The van der Waals surface area contributed by atoms with E-state index in [2.05, 4.69) is 0 Å². The van der Waals surface area contributed by atoms with Gasteiger partial charge in [0.25, 0.3) is 0 Å². The van der Waals surface area contributed by atoms with E-state index in [0.717, 1.165) is 5.56 Å². The summed E-state index contributed by atoms with van der Waals surface area (Å²) in [5, 5.41) is 8.58. The molecule has 1 N–H and O–H groups in total. The first-order valence-corrected chi connectivity index (χ1v) is 6.25. The lowest BCUT2D eigenvalue weighted by Crippen LogP contribution is -2.00. The Kier molecular flexibility index (Phi) is 4.45. The van der Waals surface area contributed by atoms with Crippen LogP contribution in [-0.4, -0.2) is 16.9 Å². The van der Waals surface area contributed by atoms with Gasteiger partial charge in [-0.05, 0) is 11.6 Å². The maximum Gasteiger partial charge on any atom is 0.307 e. The van der Waals surface area contributed by atoms with Crippen LogP contribution in [0.2, 0.25) is 0 Å². The van der Waals surface area contributed by atoms with Gasteiger partial charge in [-0.1, -0.05) is 60.7 Å². The lowest BCUT2D eigenvalue weighted by Gasteiger charge is -2.02. The van der Waals surface area contributed by atoms with Gasteiger partial charge in [-0.2, -0.15) is 0 Å². The minimum absolute atomic E-state index is 0.0309. The van der Waals surface area contributed by atoms with Crippen LogP contribution in [0.25, 0.3) is 6.08 Å². The molecule has 0 aliphatic carbocycles. The van der Waals surface area contributed by atoms with Crippen molar-refractivity contribution in [1.29, 1.82) is 0 Å². The highest BCUT2D eigenvalue weighted by atomic mass is 16.4. The molecule has 0 unspecified atom stereocenters. The summed E-state index contributed by atoms with van der Waals surface area (Å²) in [6.45, 7) is 0. The number of carboxylic acids is 1. The molecule has 0 aliphatic heterocycles. The van der Waals surface area contributed by atoms with Gasteiger partial charge in [-0.25, -0.2) is 0 Å². The quantitative estimate of drug-likeness (QED) is 0.844. The van der Waals surface area contributed by atoms with Gasteiger partial charge in [0.1, 0.15) is 0 Å². The molecule has 0 aromatic heterocycles. The number of aliphatic carboxylic acids is 1. The molecule has 0 spiro atoms. The molecule has 0 amide bonds. The van der Waals surface area contributed by atoms with E-state index in [0.29, 0.717) is 11.1 Å². The third-order valence-corrected chi connectivity index (χ3v) is 2.79. The molecular formula is C17H14O3. The van der Waals surface area contributed by atoms with E-state index >= 15 is 0 Å². The van der Waals surface area contributed by atoms with Crippen LogP contribution in [0.5, 0.6) is 0 Å². The standard InChI is InChI=1S/C17H14O3/c18-16(19)11-5-7-13-6-4-10-15(12-13)17(20)14-8-2-1-3-9-14/h1-10,12H,11H2,(H,18,19). The average Bonchev–Trinajstić information content (AvgIpc) is 2.47. The normalized spacial score (nSPS) is 10.6. The number of carboxylic acid groups (broad SMARTS) is 1. The first kappa shape index (κ1) is 13.7. The highest BCUT2D eigenvalue weighted by Gasteiger charge is 2.08. The molecule has 0 aliphatic rings. The second-order valence-corrected chi connectivity index (χ2v) is 4.32. The minimum Gasteiger partial charge on any atom is -0.481 e. The van der Waals surface area contributed by atoms with Crippen molar-refractivity contribution in [3.63, 3.8) is 0 Å². The molecular weight excluding hydrogens is 252 g/mol. The van der Waals surface area contributed by atoms with Crippen LogP contribution in [-0.2, 0) is 4.79 Å². The van der Waals surface area contributed by atoms with E-state index < -0.39 is 5.97 Å². The average molecular weight is 266 g/mol. The summed E-state index contributed by atoms with van der Waals surface area (Å²) in [5.41, 5.74) is 2.04. The van der Waals surface area contributed by atoms with Crippen molar-refractivity contribution in [2.45, 2.75) is 6.42 Å². The highest BCUT2D eigenvalue weighted by molar-refractivity contribution is 6.09. The number of carbonyl (C=O) groups is 2. The third kappa shape index (κ3) is 3.65. The zero-order chi connectivity index (χ0) is 14.4. The van der Waals surface area contributed by atoms with Gasteiger partial charge < -0.3 is 5.11 Å². The summed E-state index contributed by atoms with van der Waals surface area (Å²) in [7, 11) is 0. The number of rotatable bonds is 5. The summed E-state index contributed by atoms with van der Waals surface area (Å²) >= 11 is 0. The molecule has 3 nitrogen and oxygen atoms in total. The molecule has 2 rings (SSSR count). The number of hydrogen-bond donors (Lipinski definition) is 1. The molecule has 20 heavy (non-hydrogen) atoms. The van der Waals surface area contributed by atoms with E-state index in [9.17, 15) is 9.59 Å². The summed E-state index contributed by atoms with van der Waals surface area (Å²) in [5.74, 6) is -0.920. The Morgan fingerprint density at radius 2 is 1.65 bits per heavy atom. The van der Waals surface area contributed by atoms with Crippen LogP contribution in [0.4, 0.5) is 0 Å². The van der Waals surface area contributed by atoms with Gasteiger partial charge in [-0.15, -0.1) is 0 Å². The molecule has 3 heteroatoms. The number of hydrogen-bond acceptors (Lipinski definition) is 2. The number of carbonyl (C=O) groups excluding carboxylic acids is 1. The summed E-state index contributed by atoms with van der Waals surface area (Å²) in [4.78, 5) is 22.7. The Balaban J connectivity index is 2.20. The van der Waals surface area contributed by atoms with E-state index in [-0.39, 0.29) is 12.2 Å². The van der Waals surface area contributed by atoms with Crippen molar-refractivity contribution in [1.82, 2.24) is 0 Å². The topological polar surface area (TPSA) is 54.4 Å². The Morgan fingerprint density at radius 3 is 2.35 bits per heavy atom. The second kappa shape index (κ2) is 6.48. The van der Waals surface area contributed by atoms with E-state index in [1.165, 1.54) is 0 Å². The number of benzene rings is 2. The first-order chi connectivity index (χ1) is 9.66. The smallest absolute Gasteiger partial charge is 0.307 e. The van der Waals surface area contributed by atoms with Gasteiger partial charge in [0, 0.05) is 11.1 Å². The fourth-order valence-corrected chi connectivity index (χ4v) is 1.84. The fourth-order valence-electron chi connectivity index (χ4n) is 1.84. The SMILES string of the molecule is O=C(O)CC=Cc1cccc(C(=O)c2ccccc2)c1. The molecule has 0 radical (unpaired) electrons. The van der Waals surface area contributed by atoms with Crippen LogP contribution in [0.3, 0.4) is 0 Å². The minimum atomic E-state index is -0.877. The zero-order valence-electron chi connectivity index (χ0n) is 10.8. The Labute approximate surface area is 117 Å². The van der Waals surface area contributed by atoms with Crippen molar-refractivity contribution in [2.24, 2.45) is 0 Å². The molecule has 0 atom stereocenters. The molecule has 100 valence electrons. The monoisotopic (exact) mass is 266 g/mol. The molecule has 0 bridgehead atoms. The third-order valence-electron chi connectivity index (χ3n) is 2.79. The van der Waals surface area contributed by atoms with Crippen molar-refractivity contribution in [2.75, 3.05) is 0 Å². The molecule has 2 aromatic rings. The predicted octanol–water partition coefficient (Wildman–Crippen LogP) is 3.41. The van der Waals surface area contributed by atoms with Crippen LogP contribution in [0, 0.1) is 0 Å². The van der Waals surface area contributed by atoms with E-state index in [4.69, 9.17) is 5.11 Å². The maximum absolute atomic E-state index is 12.3. The Bertz CT molecular complexity index is 642. The van der Waals surface area contributed by atoms with Crippen LogP contribution in [0.1, 0.15) is 27.9 Å². The van der Waals surface area contributed by atoms with Gasteiger partial charge >= 0.3 is 5.97 Å². The van der Waals surface area contributed by atoms with Crippen molar-refractivity contribution < 1.29 is 14.7 Å². The zero-order valence-corrected chi connectivity index (χ0v) is 10.8. The van der Waals surface area contributed by atoms with Crippen molar-refractivity contribution in [3.05, 3.63) is 77.4 Å². The van der Waals surface area contributed by atoms with Gasteiger partial charge in [-0.3, -0.25) is 9.59 Å².